The number of hydrogen-bond acceptors (Lipinski definition) is 4. The van der Waals surface area contributed by atoms with Crippen molar-refractivity contribution in [3.05, 3.63) is 22.2 Å². The van der Waals surface area contributed by atoms with E-state index in [1.54, 1.807) is 6.92 Å². The predicted octanol–water partition coefficient (Wildman–Crippen LogP) is 0.817. The minimum Gasteiger partial charge on any atom is -0.356 e. The number of aromatic nitrogens is 2. The molecule has 5 nitrogen and oxygen atoms in total. The maximum absolute atomic E-state index is 11.2. The summed E-state index contributed by atoms with van der Waals surface area (Å²) >= 11 is 0. The first kappa shape index (κ1) is 11.2. The summed E-state index contributed by atoms with van der Waals surface area (Å²) in [5, 5.41) is 8.58. The van der Waals surface area contributed by atoms with Crippen molar-refractivity contribution in [3.8, 4) is 6.07 Å². The summed E-state index contributed by atoms with van der Waals surface area (Å²) in [5.74, 6) is 1.17. The normalized spacial score (nSPS) is 11.9. The number of hydrogen-bond donors (Lipinski definition) is 1. The van der Waals surface area contributed by atoms with E-state index < -0.39 is 0 Å². The number of rotatable bonds is 3. The highest BCUT2D eigenvalue weighted by Crippen LogP contribution is 2.10. The van der Waals surface area contributed by atoms with Crippen molar-refractivity contribution >= 4 is 5.82 Å². The first-order valence-corrected chi connectivity index (χ1v) is 4.72. The monoisotopic (exact) mass is 206 g/mol. The van der Waals surface area contributed by atoms with Gasteiger partial charge in [-0.3, -0.25) is 4.79 Å². The van der Waals surface area contributed by atoms with E-state index in [1.165, 1.54) is 6.07 Å². The summed E-state index contributed by atoms with van der Waals surface area (Å²) in [7, 11) is 1.82. The fourth-order valence-corrected chi connectivity index (χ4v) is 1.24. The Bertz CT molecular complexity index is 432. The van der Waals surface area contributed by atoms with Gasteiger partial charge in [0.1, 0.15) is 11.6 Å². The molecule has 0 spiro atoms. The molecule has 0 aliphatic rings. The summed E-state index contributed by atoms with van der Waals surface area (Å²) in [4.78, 5) is 19.8. The van der Waals surface area contributed by atoms with Crippen LogP contribution in [0.25, 0.3) is 0 Å². The molecule has 0 aliphatic carbocycles. The summed E-state index contributed by atoms with van der Waals surface area (Å²) in [5.41, 5.74) is -0.173. The molecule has 0 amide bonds. The molecule has 0 bridgehead atoms. The Morgan fingerprint density at radius 3 is 2.93 bits per heavy atom. The van der Waals surface area contributed by atoms with Crippen LogP contribution in [0.5, 0.6) is 0 Å². The fraction of sp³-hybridized carbons (Fsp3) is 0.500. The quantitative estimate of drug-likeness (QED) is 0.794. The molecule has 1 N–H and O–H groups in total. The van der Waals surface area contributed by atoms with Crippen LogP contribution in [0.4, 0.5) is 5.82 Å². The summed E-state index contributed by atoms with van der Waals surface area (Å²) in [6.45, 7) is 3.65. The van der Waals surface area contributed by atoms with Gasteiger partial charge < -0.3 is 9.88 Å². The minimum atomic E-state index is -0.173. The van der Waals surface area contributed by atoms with Crippen LogP contribution in [0.2, 0.25) is 0 Å². The number of nitrogens with one attached hydrogen (secondary N) is 1. The van der Waals surface area contributed by atoms with Gasteiger partial charge in [-0.05, 0) is 13.8 Å². The van der Waals surface area contributed by atoms with E-state index >= 15 is 0 Å². The van der Waals surface area contributed by atoms with Crippen LogP contribution in [-0.4, -0.2) is 23.1 Å². The van der Waals surface area contributed by atoms with E-state index in [9.17, 15) is 4.79 Å². The van der Waals surface area contributed by atoms with Crippen LogP contribution in [0.3, 0.4) is 0 Å². The molecule has 1 unspecified atom stereocenters. The van der Waals surface area contributed by atoms with Crippen molar-refractivity contribution in [2.24, 2.45) is 0 Å². The Balaban J connectivity index is 2.96. The van der Waals surface area contributed by atoms with E-state index in [2.05, 4.69) is 16.0 Å². The molecule has 0 saturated heterocycles. The third kappa shape index (κ3) is 2.81. The van der Waals surface area contributed by atoms with Crippen LogP contribution in [0, 0.1) is 18.3 Å². The lowest BCUT2D eigenvalue weighted by molar-refractivity contribution is 0.690. The molecule has 1 atom stereocenters. The molecule has 1 aromatic heterocycles. The van der Waals surface area contributed by atoms with Crippen LogP contribution < -0.4 is 10.5 Å². The molecular formula is C10H14N4O. The van der Waals surface area contributed by atoms with E-state index in [-0.39, 0.29) is 11.6 Å². The highest BCUT2D eigenvalue weighted by molar-refractivity contribution is 5.37. The van der Waals surface area contributed by atoms with Gasteiger partial charge in [0.15, 0.2) is 0 Å². The molecule has 1 rings (SSSR count). The van der Waals surface area contributed by atoms with Crippen molar-refractivity contribution in [1.82, 2.24) is 9.97 Å². The molecule has 15 heavy (non-hydrogen) atoms. The average Bonchev–Trinajstić information content (AvgIpc) is 2.15. The first-order chi connectivity index (χ1) is 7.04. The zero-order valence-corrected chi connectivity index (χ0v) is 9.11. The number of aromatic amines is 1. The van der Waals surface area contributed by atoms with E-state index in [0.717, 1.165) is 0 Å². The van der Waals surface area contributed by atoms with E-state index in [1.807, 2.05) is 18.9 Å². The van der Waals surface area contributed by atoms with Crippen molar-refractivity contribution in [1.29, 1.82) is 5.26 Å². The standard InChI is InChI=1S/C10H14N4O/c1-7(4-5-11)14(3)9-6-10(15)13-8(2)12-9/h6-7H,4H2,1-3H3,(H,12,13,15). The first-order valence-electron chi connectivity index (χ1n) is 4.72. The smallest absolute Gasteiger partial charge is 0.252 e. The lowest BCUT2D eigenvalue weighted by Gasteiger charge is -2.23. The molecule has 0 aromatic carbocycles. The molecule has 0 saturated carbocycles. The van der Waals surface area contributed by atoms with Gasteiger partial charge in [-0.2, -0.15) is 5.26 Å². The number of nitriles is 1. The zero-order valence-electron chi connectivity index (χ0n) is 9.11. The van der Waals surface area contributed by atoms with Crippen molar-refractivity contribution in [2.45, 2.75) is 26.3 Å². The highest BCUT2D eigenvalue weighted by atomic mass is 16.1. The largest absolute Gasteiger partial charge is 0.356 e. The van der Waals surface area contributed by atoms with E-state index in [4.69, 9.17) is 5.26 Å². The van der Waals surface area contributed by atoms with Crippen molar-refractivity contribution in [2.75, 3.05) is 11.9 Å². The van der Waals surface area contributed by atoms with Gasteiger partial charge in [-0.15, -0.1) is 0 Å². The van der Waals surface area contributed by atoms with Crippen LogP contribution in [0.1, 0.15) is 19.2 Å². The number of nitrogens with zero attached hydrogens (tertiary/aromatic N) is 3. The van der Waals surface area contributed by atoms with Gasteiger partial charge in [0, 0.05) is 19.2 Å². The molecule has 1 aromatic rings. The summed E-state index contributed by atoms with van der Waals surface area (Å²) in [6.07, 6.45) is 0.407. The Labute approximate surface area is 88.4 Å². The second-order valence-corrected chi connectivity index (χ2v) is 3.51. The molecule has 0 aliphatic heterocycles. The third-order valence-electron chi connectivity index (χ3n) is 2.26. The summed E-state index contributed by atoms with van der Waals surface area (Å²) < 4.78 is 0. The van der Waals surface area contributed by atoms with Gasteiger partial charge in [-0.1, -0.05) is 0 Å². The van der Waals surface area contributed by atoms with E-state index in [0.29, 0.717) is 18.1 Å². The van der Waals surface area contributed by atoms with Gasteiger partial charge in [-0.25, -0.2) is 4.98 Å². The second kappa shape index (κ2) is 4.60. The molecule has 5 heteroatoms. The maximum atomic E-state index is 11.2. The maximum Gasteiger partial charge on any atom is 0.252 e. The van der Waals surface area contributed by atoms with Gasteiger partial charge >= 0.3 is 0 Å². The molecule has 80 valence electrons. The molecule has 1 heterocycles. The third-order valence-corrected chi connectivity index (χ3v) is 2.26. The van der Waals surface area contributed by atoms with Gasteiger partial charge in [0.2, 0.25) is 0 Å². The van der Waals surface area contributed by atoms with Crippen molar-refractivity contribution < 1.29 is 0 Å². The number of H-pyrrole nitrogens is 1. The Kier molecular flexibility index (Phi) is 3.45. The Morgan fingerprint density at radius 1 is 1.73 bits per heavy atom. The second-order valence-electron chi connectivity index (χ2n) is 3.51. The predicted molar refractivity (Wildman–Crippen MR) is 57.7 cm³/mol. The fourth-order valence-electron chi connectivity index (χ4n) is 1.24. The highest BCUT2D eigenvalue weighted by Gasteiger charge is 2.11. The zero-order chi connectivity index (χ0) is 11.4. The average molecular weight is 206 g/mol. The van der Waals surface area contributed by atoms with Crippen LogP contribution >= 0.6 is 0 Å². The topological polar surface area (TPSA) is 72.8 Å². The van der Waals surface area contributed by atoms with Crippen molar-refractivity contribution in [3.63, 3.8) is 0 Å². The lowest BCUT2D eigenvalue weighted by Crippen LogP contribution is -2.30. The molecule has 0 radical (unpaired) electrons. The lowest BCUT2D eigenvalue weighted by atomic mass is 10.2. The van der Waals surface area contributed by atoms with Gasteiger partial charge in [0.05, 0.1) is 12.5 Å². The Morgan fingerprint density at radius 2 is 2.40 bits per heavy atom. The SMILES string of the molecule is Cc1nc(N(C)C(C)CC#N)cc(=O)[nH]1. The molecular weight excluding hydrogens is 192 g/mol. The van der Waals surface area contributed by atoms with Gasteiger partial charge in [0.25, 0.3) is 5.56 Å². The number of aryl methyl sites for hydroxylation is 1. The summed E-state index contributed by atoms with van der Waals surface area (Å²) in [6, 6.07) is 3.57. The molecule has 0 fully saturated rings. The Hall–Kier alpha value is -1.83. The van der Waals surface area contributed by atoms with Crippen LogP contribution in [0.15, 0.2) is 10.9 Å². The number of anilines is 1. The minimum absolute atomic E-state index is 0.0451. The van der Waals surface area contributed by atoms with Crippen LogP contribution in [-0.2, 0) is 0 Å².